The lowest BCUT2D eigenvalue weighted by molar-refractivity contribution is -0.134. The van der Waals surface area contributed by atoms with Gasteiger partial charge in [0.2, 0.25) is 11.8 Å². The highest BCUT2D eigenvalue weighted by Crippen LogP contribution is 2.35. The summed E-state index contributed by atoms with van der Waals surface area (Å²) in [6.45, 7) is 4.62. The zero-order valence-corrected chi connectivity index (χ0v) is 23.5. The highest BCUT2D eigenvalue weighted by Gasteiger charge is 2.31. The second-order valence-electron chi connectivity index (χ2n) is 10.7. The number of benzene rings is 2. The minimum atomic E-state index is -0.275. The van der Waals surface area contributed by atoms with E-state index in [-0.39, 0.29) is 23.3 Å². The third kappa shape index (κ3) is 5.29. The number of aromatic amines is 1. The smallest absolute Gasteiger partial charge is 0.234 e. The molecule has 1 atom stereocenters. The number of anilines is 1. The van der Waals surface area contributed by atoms with Crippen LogP contribution in [0.25, 0.3) is 22.4 Å². The number of fused-ring (bicyclic) bond motifs is 1. The van der Waals surface area contributed by atoms with Crippen molar-refractivity contribution in [2.45, 2.75) is 50.6 Å². The molecule has 2 amide bonds. The Morgan fingerprint density at radius 3 is 2.73 bits per heavy atom. The Morgan fingerprint density at radius 1 is 1.12 bits per heavy atom. The molecular weight excluding hydrogens is 549 g/mol. The third-order valence-electron chi connectivity index (χ3n) is 7.97. The van der Waals surface area contributed by atoms with E-state index in [4.69, 9.17) is 28.2 Å². The van der Waals surface area contributed by atoms with Crippen molar-refractivity contribution in [2.75, 3.05) is 18.0 Å². The molecule has 2 fully saturated rings. The number of imide groups is 1. The van der Waals surface area contributed by atoms with Gasteiger partial charge in [0.1, 0.15) is 17.0 Å². The van der Waals surface area contributed by atoms with Crippen LogP contribution in [-0.4, -0.2) is 50.6 Å². The molecule has 2 aromatic heterocycles. The number of amides is 2. The van der Waals surface area contributed by atoms with Gasteiger partial charge in [0.05, 0.1) is 22.2 Å². The Bertz CT molecular complexity index is 1600. The van der Waals surface area contributed by atoms with Gasteiger partial charge in [-0.2, -0.15) is 5.10 Å². The fourth-order valence-electron chi connectivity index (χ4n) is 5.47. The molecule has 9 nitrogen and oxygen atoms in total. The van der Waals surface area contributed by atoms with Crippen LogP contribution >= 0.6 is 23.2 Å². The van der Waals surface area contributed by atoms with Gasteiger partial charge < -0.3 is 10.2 Å². The maximum absolute atomic E-state index is 12.3. The van der Waals surface area contributed by atoms with Gasteiger partial charge in [-0.15, -0.1) is 0 Å². The monoisotopic (exact) mass is 577 g/mol. The number of nitrogens with one attached hydrogen (secondary N) is 3. The van der Waals surface area contributed by atoms with Crippen molar-refractivity contribution in [3.8, 4) is 11.3 Å². The Balaban J connectivity index is 1.09. The van der Waals surface area contributed by atoms with Crippen molar-refractivity contribution in [2.24, 2.45) is 0 Å². The number of rotatable bonds is 6. The number of H-pyrrole nitrogens is 1. The van der Waals surface area contributed by atoms with Crippen molar-refractivity contribution in [3.63, 3.8) is 0 Å². The molecule has 2 saturated heterocycles. The first-order valence-corrected chi connectivity index (χ1v) is 14.1. The Kier molecular flexibility index (Phi) is 7.20. The summed E-state index contributed by atoms with van der Waals surface area (Å²) in [5.74, 6) is 0.129. The van der Waals surface area contributed by atoms with Crippen LogP contribution in [0.1, 0.15) is 49.7 Å². The lowest BCUT2D eigenvalue weighted by Gasteiger charge is -2.40. The fraction of sp³-hybridized carbons (Fsp3) is 0.345. The topological polar surface area (TPSA) is 116 Å². The summed E-state index contributed by atoms with van der Waals surface area (Å²) < 4.78 is 0. The van der Waals surface area contributed by atoms with Crippen molar-refractivity contribution in [1.82, 2.24) is 30.8 Å². The molecule has 0 aliphatic carbocycles. The summed E-state index contributed by atoms with van der Waals surface area (Å²) in [6, 6.07) is 13.5. The van der Waals surface area contributed by atoms with Gasteiger partial charge in [0, 0.05) is 37.2 Å². The van der Waals surface area contributed by atoms with Gasteiger partial charge in [-0.1, -0.05) is 59.6 Å². The van der Waals surface area contributed by atoms with Crippen molar-refractivity contribution in [3.05, 3.63) is 69.8 Å². The van der Waals surface area contributed by atoms with E-state index in [1.807, 2.05) is 24.3 Å². The van der Waals surface area contributed by atoms with E-state index < -0.39 is 0 Å². The van der Waals surface area contributed by atoms with Crippen LogP contribution in [0.15, 0.2) is 48.7 Å². The summed E-state index contributed by atoms with van der Waals surface area (Å²) in [6.07, 6.45) is 4.59. The quantitative estimate of drug-likeness (QED) is 0.276. The normalized spacial score (nSPS) is 19.2. The van der Waals surface area contributed by atoms with Crippen molar-refractivity contribution < 1.29 is 9.59 Å². The zero-order chi connectivity index (χ0) is 27.9. The molecule has 0 radical (unpaired) electrons. The molecule has 40 heavy (non-hydrogen) atoms. The molecule has 2 aromatic carbocycles. The number of piperidine rings is 2. The Labute approximate surface area is 241 Å². The maximum atomic E-state index is 12.3. The molecule has 11 heteroatoms. The van der Waals surface area contributed by atoms with Crippen molar-refractivity contribution >= 4 is 52.0 Å². The average Bonchev–Trinajstić information content (AvgIpc) is 3.37. The summed E-state index contributed by atoms with van der Waals surface area (Å²) in [7, 11) is 0. The molecule has 0 saturated carbocycles. The largest absolute Gasteiger partial charge is 0.355 e. The predicted molar refractivity (Wildman–Crippen MR) is 155 cm³/mol. The van der Waals surface area contributed by atoms with E-state index in [0.29, 0.717) is 51.9 Å². The van der Waals surface area contributed by atoms with Crippen LogP contribution in [0.5, 0.6) is 0 Å². The summed E-state index contributed by atoms with van der Waals surface area (Å²) in [5.41, 5.74) is 4.63. The first-order chi connectivity index (χ1) is 19.3. The van der Waals surface area contributed by atoms with Gasteiger partial charge >= 0.3 is 0 Å². The number of aromatic nitrogens is 4. The van der Waals surface area contributed by atoms with Crippen LogP contribution < -0.4 is 15.5 Å². The molecule has 0 spiro atoms. The first-order valence-electron chi connectivity index (χ1n) is 13.4. The summed E-state index contributed by atoms with van der Waals surface area (Å²) in [4.78, 5) is 35.5. The summed E-state index contributed by atoms with van der Waals surface area (Å²) >= 11 is 12.6. The SMILES string of the molecule is CC1(NCc2cccc(C3CCC(=O)NC3=O)c2)CCN(c2cnc3c(-c4cccc(Cl)c4Cl)n[nH]c3n2)CC1. The predicted octanol–water partition coefficient (Wildman–Crippen LogP) is 5.00. The van der Waals surface area contributed by atoms with E-state index in [0.717, 1.165) is 42.9 Å². The highest BCUT2D eigenvalue weighted by atomic mass is 35.5. The van der Waals surface area contributed by atoms with E-state index in [1.54, 1.807) is 12.3 Å². The minimum Gasteiger partial charge on any atom is -0.355 e. The molecule has 4 heterocycles. The Hall–Kier alpha value is -3.53. The molecule has 3 N–H and O–H groups in total. The molecule has 6 rings (SSSR count). The number of carbonyl (C=O) groups excluding carboxylic acids is 2. The molecular formula is C29H29Cl2N7O2. The zero-order valence-electron chi connectivity index (χ0n) is 22.0. The van der Waals surface area contributed by atoms with E-state index >= 15 is 0 Å². The number of hydrogen-bond acceptors (Lipinski definition) is 7. The van der Waals surface area contributed by atoms with Gasteiger partial charge in [-0.25, -0.2) is 9.97 Å². The van der Waals surface area contributed by atoms with E-state index in [1.165, 1.54) is 0 Å². The maximum Gasteiger partial charge on any atom is 0.234 e. The van der Waals surface area contributed by atoms with E-state index in [2.05, 4.69) is 49.8 Å². The molecule has 0 bridgehead atoms. The van der Waals surface area contributed by atoms with Gasteiger partial charge in [0.25, 0.3) is 0 Å². The second-order valence-corrected chi connectivity index (χ2v) is 11.5. The van der Waals surface area contributed by atoms with Crippen LogP contribution in [0.3, 0.4) is 0 Å². The highest BCUT2D eigenvalue weighted by molar-refractivity contribution is 6.43. The third-order valence-corrected chi connectivity index (χ3v) is 8.79. The van der Waals surface area contributed by atoms with Crippen molar-refractivity contribution in [1.29, 1.82) is 0 Å². The van der Waals surface area contributed by atoms with Gasteiger partial charge in [0.15, 0.2) is 5.65 Å². The van der Waals surface area contributed by atoms with Gasteiger partial charge in [-0.05, 0) is 43.4 Å². The molecule has 2 aliphatic rings. The molecule has 2 aliphatic heterocycles. The fourth-order valence-corrected chi connectivity index (χ4v) is 5.86. The lowest BCUT2D eigenvalue weighted by atomic mass is 9.88. The van der Waals surface area contributed by atoms with Crippen LogP contribution in [0.4, 0.5) is 5.82 Å². The summed E-state index contributed by atoms with van der Waals surface area (Å²) in [5, 5.41) is 14.5. The Morgan fingerprint density at radius 2 is 1.93 bits per heavy atom. The second kappa shape index (κ2) is 10.8. The average molecular weight is 579 g/mol. The molecule has 4 aromatic rings. The van der Waals surface area contributed by atoms with Gasteiger partial charge in [-0.3, -0.25) is 20.0 Å². The number of nitrogens with zero attached hydrogens (tertiary/aromatic N) is 4. The molecule has 1 unspecified atom stereocenters. The minimum absolute atomic E-state index is 0.0385. The lowest BCUT2D eigenvalue weighted by Crippen LogP contribution is -2.51. The van der Waals surface area contributed by atoms with E-state index in [9.17, 15) is 9.59 Å². The number of hydrogen-bond donors (Lipinski definition) is 3. The van der Waals surface area contributed by atoms with Crippen LogP contribution in [0, 0.1) is 0 Å². The standard InChI is InChI=1S/C29H29Cl2N7O2/c1-29(33-15-17-4-2-5-18(14-17)19-8-9-23(39)35-28(19)40)10-12-38(13-11-29)22-16-32-26-25(36-37-27(26)34-22)20-6-3-7-21(30)24(20)31/h2-7,14,16,19,33H,8-13,15H2,1H3,(H,34,36,37)(H,35,39,40). The number of halogens is 2. The van der Waals surface area contributed by atoms with Crippen LogP contribution in [0.2, 0.25) is 10.0 Å². The molecule has 206 valence electrons. The number of carbonyl (C=O) groups is 2. The van der Waals surface area contributed by atoms with Crippen LogP contribution in [-0.2, 0) is 16.1 Å². The first kappa shape index (κ1) is 26.7.